The molecule has 1 aromatic heterocycles. The van der Waals surface area contributed by atoms with Crippen molar-refractivity contribution in [2.75, 3.05) is 26.2 Å². The topological polar surface area (TPSA) is 71.8 Å². The SMILES string of the molecule is CCNC(=NCc1ccccc1-n1cccn1)N1CCC[C@@H](C(=O)OCC)C1.I. The number of benzene rings is 1. The number of likely N-dealkylation sites (tertiary alicyclic amines) is 1. The summed E-state index contributed by atoms with van der Waals surface area (Å²) in [5.74, 6) is 0.646. The normalized spacial score (nSPS) is 16.8. The highest BCUT2D eigenvalue weighted by atomic mass is 127. The minimum atomic E-state index is -0.105. The lowest BCUT2D eigenvalue weighted by Gasteiger charge is -2.34. The van der Waals surface area contributed by atoms with E-state index in [0.29, 0.717) is 19.7 Å². The number of carbonyl (C=O) groups is 1. The average Bonchev–Trinajstić information content (AvgIpc) is 3.26. The van der Waals surface area contributed by atoms with Gasteiger partial charge in [-0.1, -0.05) is 18.2 Å². The Hall–Kier alpha value is -2.10. The molecule has 2 aromatic rings. The minimum absolute atomic E-state index is 0. The number of carbonyl (C=O) groups excluding carboxylic acids is 1. The fraction of sp³-hybridized carbons (Fsp3) is 0.476. The summed E-state index contributed by atoms with van der Waals surface area (Å²) in [5, 5.41) is 7.71. The van der Waals surface area contributed by atoms with Gasteiger partial charge in [-0.3, -0.25) is 4.79 Å². The molecule has 158 valence electrons. The Kier molecular flexibility index (Phi) is 9.43. The summed E-state index contributed by atoms with van der Waals surface area (Å²) in [5.41, 5.74) is 2.12. The van der Waals surface area contributed by atoms with E-state index >= 15 is 0 Å². The Morgan fingerprint density at radius 3 is 2.86 bits per heavy atom. The third-order valence-electron chi connectivity index (χ3n) is 4.82. The average molecular weight is 511 g/mol. The van der Waals surface area contributed by atoms with Crippen LogP contribution in [0.3, 0.4) is 0 Å². The van der Waals surface area contributed by atoms with E-state index in [4.69, 9.17) is 9.73 Å². The zero-order valence-electron chi connectivity index (χ0n) is 17.1. The van der Waals surface area contributed by atoms with Gasteiger partial charge in [0.1, 0.15) is 0 Å². The van der Waals surface area contributed by atoms with Gasteiger partial charge in [-0.05, 0) is 44.4 Å². The molecule has 3 rings (SSSR count). The van der Waals surface area contributed by atoms with E-state index in [1.165, 1.54) is 0 Å². The van der Waals surface area contributed by atoms with Gasteiger partial charge in [-0.25, -0.2) is 9.67 Å². The number of aromatic nitrogens is 2. The van der Waals surface area contributed by atoms with E-state index in [1.807, 2.05) is 42.1 Å². The van der Waals surface area contributed by atoms with Crippen molar-refractivity contribution in [2.45, 2.75) is 33.2 Å². The first-order valence-corrected chi connectivity index (χ1v) is 10.0. The van der Waals surface area contributed by atoms with Crippen molar-refractivity contribution in [3.63, 3.8) is 0 Å². The second kappa shape index (κ2) is 11.8. The third-order valence-corrected chi connectivity index (χ3v) is 4.82. The summed E-state index contributed by atoms with van der Waals surface area (Å²) in [4.78, 5) is 19.2. The molecule has 0 bridgehead atoms. The zero-order chi connectivity index (χ0) is 19.8. The number of aliphatic imine (C=N–C) groups is 1. The van der Waals surface area contributed by atoms with Crippen LogP contribution in [0.2, 0.25) is 0 Å². The first-order chi connectivity index (χ1) is 13.7. The molecule has 1 atom stereocenters. The summed E-state index contributed by atoms with van der Waals surface area (Å²) in [6, 6.07) is 10.0. The Morgan fingerprint density at radius 1 is 1.31 bits per heavy atom. The van der Waals surface area contributed by atoms with Crippen molar-refractivity contribution in [1.82, 2.24) is 20.0 Å². The van der Waals surface area contributed by atoms with Crippen LogP contribution in [0.1, 0.15) is 32.3 Å². The molecule has 0 spiro atoms. The number of piperidine rings is 1. The first kappa shape index (κ1) is 23.2. The number of nitrogens with zero attached hydrogens (tertiary/aromatic N) is 4. The molecule has 2 heterocycles. The number of hydrogen-bond acceptors (Lipinski definition) is 4. The van der Waals surface area contributed by atoms with Gasteiger partial charge < -0.3 is 15.0 Å². The highest BCUT2D eigenvalue weighted by Crippen LogP contribution is 2.19. The molecule has 0 radical (unpaired) electrons. The predicted molar refractivity (Wildman–Crippen MR) is 125 cm³/mol. The Balaban J connectivity index is 0.00000300. The lowest BCUT2D eigenvalue weighted by Crippen LogP contribution is -2.48. The number of rotatable bonds is 6. The van der Waals surface area contributed by atoms with Crippen LogP contribution in [0.4, 0.5) is 0 Å². The van der Waals surface area contributed by atoms with E-state index in [9.17, 15) is 4.79 Å². The van der Waals surface area contributed by atoms with Gasteiger partial charge in [0.15, 0.2) is 5.96 Å². The minimum Gasteiger partial charge on any atom is -0.466 e. The molecule has 1 aliphatic rings. The van der Waals surface area contributed by atoms with Crippen molar-refractivity contribution >= 4 is 35.9 Å². The van der Waals surface area contributed by atoms with Gasteiger partial charge in [0.05, 0.1) is 24.8 Å². The van der Waals surface area contributed by atoms with Gasteiger partial charge >= 0.3 is 5.97 Å². The predicted octanol–water partition coefficient (Wildman–Crippen LogP) is 3.23. The molecule has 1 N–H and O–H groups in total. The van der Waals surface area contributed by atoms with E-state index in [2.05, 4.69) is 28.3 Å². The smallest absolute Gasteiger partial charge is 0.310 e. The maximum Gasteiger partial charge on any atom is 0.310 e. The standard InChI is InChI=1S/C21H29N5O2.HI/c1-3-22-21(25-13-7-10-18(16-25)20(27)28-4-2)23-15-17-9-5-6-11-19(17)26-14-8-12-24-26;/h5-6,8-9,11-12,14,18H,3-4,7,10,13,15-16H2,1-2H3,(H,22,23);1H/t18-;/m1./s1. The second-order valence-electron chi connectivity index (χ2n) is 6.79. The van der Waals surface area contributed by atoms with E-state index < -0.39 is 0 Å². The third kappa shape index (κ3) is 6.19. The van der Waals surface area contributed by atoms with Crippen LogP contribution >= 0.6 is 24.0 Å². The first-order valence-electron chi connectivity index (χ1n) is 10.0. The quantitative estimate of drug-likeness (QED) is 0.279. The lowest BCUT2D eigenvalue weighted by atomic mass is 9.98. The molecule has 0 aliphatic carbocycles. The number of para-hydroxylation sites is 1. The molecule has 1 aliphatic heterocycles. The van der Waals surface area contributed by atoms with Crippen LogP contribution in [0, 0.1) is 5.92 Å². The van der Waals surface area contributed by atoms with Crippen LogP contribution in [-0.4, -0.2) is 52.9 Å². The number of hydrogen-bond donors (Lipinski definition) is 1. The van der Waals surface area contributed by atoms with Gasteiger partial charge in [0.25, 0.3) is 0 Å². The fourth-order valence-corrected chi connectivity index (χ4v) is 3.49. The summed E-state index contributed by atoms with van der Waals surface area (Å²) >= 11 is 0. The number of ether oxygens (including phenoxy) is 1. The number of nitrogens with one attached hydrogen (secondary N) is 1. The molecule has 0 saturated carbocycles. The van der Waals surface area contributed by atoms with Crippen molar-refractivity contribution < 1.29 is 9.53 Å². The molecule has 1 saturated heterocycles. The van der Waals surface area contributed by atoms with Gasteiger partial charge in [0.2, 0.25) is 0 Å². The molecular weight excluding hydrogens is 481 g/mol. The summed E-state index contributed by atoms with van der Waals surface area (Å²) in [6.07, 6.45) is 5.53. The van der Waals surface area contributed by atoms with Crippen LogP contribution in [0.25, 0.3) is 5.69 Å². The van der Waals surface area contributed by atoms with Crippen molar-refractivity contribution in [3.05, 3.63) is 48.3 Å². The van der Waals surface area contributed by atoms with Crippen molar-refractivity contribution in [2.24, 2.45) is 10.9 Å². The second-order valence-corrected chi connectivity index (χ2v) is 6.79. The maximum absolute atomic E-state index is 12.2. The molecular formula is C21H30IN5O2. The lowest BCUT2D eigenvalue weighted by molar-refractivity contribution is -0.149. The van der Waals surface area contributed by atoms with E-state index in [-0.39, 0.29) is 35.9 Å². The molecule has 1 aromatic carbocycles. The van der Waals surface area contributed by atoms with E-state index in [1.54, 1.807) is 6.20 Å². The Morgan fingerprint density at radius 2 is 2.14 bits per heavy atom. The van der Waals surface area contributed by atoms with Gasteiger partial charge in [-0.2, -0.15) is 5.10 Å². The Labute approximate surface area is 189 Å². The van der Waals surface area contributed by atoms with Crippen molar-refractivity contribution in [3.8, 4) is 5.69 Å². The molecule has 1 fully saturated rings. The largest absolute Gasteiger partial charge is 0.466 e. The fourth-order valence-electron chi connectivity index (χ4n) is 3.49. The van der Waals surface area contributed by atoms with Crippen LogP contribution < -0.4 is 5.32 Å². The van der Waals surface area contributed by atoms with Crippen LogP contribution in [0.15, 0.2) is 47.7 Å². The van der Waals surface area contributed by atoms with Gasteiger partial charge in [0, 0.05) is 32.0 Å². The van der Waals surface area contributed by atoms with E-state index in [0.717, 1.165) is 43.1 Å². The van der Waals surface area contributed by atoms with Crippen LogP contribution in [-0.2, 0) is 16.1 Å². The number of esters is 1. The summed E-state index contributed by atoms with van der Waals surface area (Å²) in [6.45, 7) is 7.18. The number of guanidine groups is 1. The molecule has 7 nitrogen and oxygen atoms in total. The monoisotopic (exact) mass is 511 g/mol. The molecule has 0 unspecified atom stereocenters. The number of halogens is 1. The van der Waals surface area contributed by atoms with Gasteiger partial charge in [-0.15, -0.1) is 24.0 Å². The summed E-state index contributed by atoms with van der Waals surface area (Å²) < 4.78 is 7.08. The summed E-state index contributed by atoms with van der Waals surface area (Å²) in [7, 11) is 0. The highest BCUT2D eigenvalue weighted by molar-refractivity contribution is 14.0. The highest BCUT2D eigenvalue weighted by Gasteiger charge is 2.28. The molecule has 0 amide bonds. The Bertz CT molecular complexity index is 794. The van der Waals surface area contributed by atoms with Crippen LogP contribution in [0.5, 0.6) is 0 Å². The molecule has 29 heavy (non-hydrogen) atoms. The van der Waals surface area contributed by atoms with Crippen molar-refractivity contribution in [1.29, 1.82) is 0 Å². The maximum atomic E-state index is 12.2. The molecule has 8 heteroatoms. The zero-order valence-corrected chi connectivity index (χ0v) is 19.4.